The maximum atomic E-state index is 5.53. The number of alkyl halides is 1. The van der Waals surface area contributed by atoms with Crippen LogP contribution < -0.4 is 0 Å². The highest BCUT2D eigenvalue weighted by Gasteiger charge is 1.85. The zero-order valence-corrected chi connectivity index (χ0v) is 10.4. The van der Waals surface area contributed by atoms with Crippen LogP contribution in [-0.4, -0.2) is 6.73 Å². The van der Waals surface area contributed by atoms with Gasteiger partial charge < -0.3 is 0 Å². The minimum Gasteiger partial charge on any atom is -0.130 e. The molecule has 0 nitrogen and oxygen atoms in total. The predicted molar refractivity (Wildman–Crippen MR) is 60.7 cm³/mol. The number of hydrogen-bond acceptors (Lipinski definition) is 0. The van der Waals surface area contributed by atoms with Crippen molar-refractivity contribution in [3.63, 3.8) is 0 Å². The van der Waals surface area contributed by atoms with Gasteiger partial charge in [-0.05, 0) is 5.56 Å². The van der Waals surface area contributed by atoms with E-state index in [0.29, 0.717) is 5.88 Å². The minimum atomic E-state index is -1.72. The summed E-state index contributed by atoms with van der Waals surface area (Å²) in [7, 11) is 0. The first-order chi connectivity index (χ1) is 5.66. The molecule has 0 unspecified atom stereocenters. The molecule has 1 rings (SSSR count). The van der Waals surface area contributed by atoms with E-state index in [4.69, 9.17) is 44.8 Å². The summed E-state index contributed by atoms with van der Waals surface area (Å²) in [5, 5.41) is 0. The van der Waals surface area contributed by atoms with E-state index in [1.165, 1.54) is 5.56 Å². The zero-order chi connectivity index (χ0) is 9.40. The van der Waals surface area contributed by atoms with E-state index in [1.54, 1.807) is 0 Å². The molecule has 0 amide bonds. The van der Waals surface area contributed by atoms with Gasteiger partial charge in [-0.2, -0.15) is 0 Å². The fourth-order valence-corrected chi connectivity index (χ4v) is 0.745. The van der Waals surface area contributed by atoms with Crippen LogP contribution in [0.25, 0.3) is 0 Å². The molecule has 68 valence electrons. The Kier molecular flexibility index (Phi) is 8.61. The Bertz CT molecular complexity index is 187. The molecule has 0 fully saturated rings. The molecule has 0 aromatic heterocycles. The maximum absolute atomic E-state index is 5.53. The molecular weight excluding hydrogens is 254 g/mol. The van der Waals surface area contributed by atoms with E-state index >= 15 is 0 Å². The van der Waals surface area contributed by atoms with E-state index in [9.17, 15) is 0 Å². The number of benzene rings is 1. The number of halogens is 4. The molecule has 0 radical (unpaired) electrons. The summed E-state index contributed by atoms with van der Waals surface area (Å²) in [5.41, 5.74) is 1.18. The molecular formula is C7H8Cl4Si. The standard InChI is InChI=1S/C7H7Cl.Cl3HSi/c8-6-7-4-2-1-3-5-7;1-4(2)3/h1-5H,6H2;4H. The highest BCUT2D eigenvalue weighted by Crippen LogP contribution is 2.00. The van der Waals surface area contributed by atoms with Gasteiger partial charge in [0, 0.05) is 5.88 Å². The van der Waals surface area contributed by atoms with Gasteiger partial charge in [0.05, 0.1) is 0 Å². The van der Waals surface area contributed by atoms with Gasteiger partial charge in [-0.3, -0.25) is 0 Å². The lowest BCUT2D eigenvalue weighted by molar-refractivity contribution is 1.41. The largest absolute Gasteiger partial charge is 0.326 e. The molecule has 0 bridgehead atoms. The molecule has 12 heavy (non-hydrogen) atoms. The van der Waals surface area contributed by atoms with Crippen molar-refractivity contribution in [3.05, 3.63) is 35.9 Å². The summed E-state index contributed by atoms with van der Waals surface area (Å²) in [6.07, 6.45) is 0. The van der Waals surface area contributed by atoms with Gasteiger partial charge in [0.25, 0.3) is 0 Å². The van der Waals surface area contributed by atoms with Gasteiger partial charge in [0.15, 0.2) is 0 Å². The summed E-state index contributed by atoms with van der Waals surface area (Å²) < 4.78 is 0. The number of hydrogen-bond donors (Lipinski definition) is 0. The van der Waals surface area contributed by atoms with Gasteiger partial charge in [-0.25, -0.2) is 0 Å². The van der Waals surface area contributed by atoms with Crippen molar-refractivity contribution >= 4 is 51.6 Å². The molecule has 0 saturated carbocycles. The van der Waals surface area contributed by atoms with Crippen molar-refractivity contribution in [2.45, 2.75) is 5.88 Å². The lowest BCUT2D eigenvalue weighted by atomic mass is 10.2. The van der Waals surface area contributed by atoms with Crippen LogP contribution in [0.1, 0.15) is 5.56 Å². The first-order valence-electron chi connectivity index (χ1n) is 3.19. The highest BCUT2D eigenvalue weighted by molar-refractivity contribution is 7.54. The van der Waals surface area contributed by atoms with Crippen LogP contribution in [0.2, 0.25) is 0 Å². The summed E-state index contributed by atoms with van der Waals surface area (Å²) in [6, 6.07) is 9.96. The topological polar surface area (TPSA) is 0 Å². The van der Waals surface area contributed by atoms with E-state index in [2.05, 4.69) is 0 Å². The third-order valence-electron chi connectivity index (χ3n) is 0.997. The van der Waals surface area contributed by atoms with Crippen molar-refractivity contribution in [2.75, 3.05) is 0 Å². The quantitative estimate of drug-likeness (QED) is 0.409. The first kappa shape index (κ1) is 12.6. The Morgan fingerprint density at radius 3 is 1.67 bits per heavy atom. The molecule has 0 N–H and O–H groups in total. The smallest absolute Gasteiger partial charge is 0.130 e. The molecule has 1 aromatic rings. The molecule has 0 aliphatic heterocycles. The SMILES string of the molecule is ClCc1ccccc1.Cl[SiH](Cl)Cl. The van der Waals surface area contributed by atoms with Gasteiger partial charge >= 0.3 is 6.73 Å². The monoisotopic (exact) mass is 260 g/mol. The van der Waals surface area contributed by atoms with Gasteiger partial charge in [-0.1, -0.05) is 30.3 Å². The van der Waals surface area contributed by atoms with Crippen LogP contribution in [0, 0.1) is 0 Å². The third kappa shape index (κ3) is 8.69. The van der Waals surface area contributed by atoms with Crippen molar-refractivity contribution in [2.24, 2.45) is 0 Å². The van der Waals surface area contributed by atoms with Crippen molar-refractivity contribution in [3.8, 4) is 0 Å². The average Bonchev–Trinajstić information content (AvgIpc) is 2.05. The van der Waals surface area contributed by atoms with Crippen LogP contribution in [0.3, 0.4) is 0 Å². The van der Waals surface area contributed by atoms with Crippen LogP contribution in [0.4, 0.5) is 0 Å². The van der Waals surface area contributed by atoms with Crippen LogP contribution >= 0.6 is 44.8 Å². The summed E-state index contributed by atoms with van der Waals surface area (Å²) in [5.74, 6) is 0.612. The van der Waals surface area contributed by atoms with Crippen LogP contribution in [-0.2, 0) is 5.88 Å². The Morgan fingerprint density at radius 1 is 1.00 bits per heavy atom. The van der Waals surface area contributed by atoms with E-state index in [1.807, 2.05) is 30.3 Å². The lowest BCUT2D eigenvalue weighted by Gasteiger charge is -1.88. The van der Waals surface area contributed by atoms with Gasteiger partial charge in [0.2, 0.25) is 0 Å². The molecule has 1 aromatic carbocycles. The third-order valence-corrected chi connectivity index (χ3v) is 1.31. The molecule has 0 spiro atoms. The maximum Gasteiger partial charge on any atom is 0.326 e. The Balaban J connectivity index is 0.000000261. The van der Waals surface area contributed by atoms with Gasteiger partial charge in [0.1, 0.15) is 0 Å². The van der Waals surface area contributed by atoms with Crippen molar-refractivity contribution < 1.29 is 0 Å². The van der Waals surface area contributed by atoms with Crippen molar-refractivity contribution in [1.82, 2.24) is 0 Å². The molecule has 0 saturated heterocycles. The zero-order valence-electron chi connectivity index (χ0n) is 6.18. The second-order valence-electron chi connectivity index (χ2n) is 1.87. The summed E-state index contributed by atoms with van der Waals surface area (Å²) >= 11 is 20.4. The number of rotatable bonds is 1. The summed E-state index contributed by atoms with van der Waals surface area (Å²) in [4.78, 5) is 0. The average molecular weight is 262 g/mol. The van der Waals surface area contributed by atoms with E-state index < -0.39 is 6.73 Å². The summed E-state index contributed by atoms with van der Waals surface area (Å²) in [6.45, 7) is -1.72. The highest BCUT2D eigenvalue weighted by atomic mass is 35.8. The predicted octanol–water partition coefficient (Wildman–Crippen LogP) is 3.85. The Morgan fingerprint density at radius 2 is 1.42 bits per heavy atom. The molecule has 0 atom stereocenters. The minimum absolute atomic E-state index is 0.612. The fourth-order valence-electron chi connectivity index (χ4n) is 0.567. The Labute approximate surface area is 93.1 Å². The molecule has 5 heteroatoms. The fraction of sp³-hybridized carbons (Fsp3) is 0.143. The molecule has 0 aliphatic rings. The van der Waals surface area contributed by atoms with E-state index in [-0.39, 0.29) is 0 Å². The van der Waals surface area contributed by atoms with E-state index in [0.717, 1.165) is 0 Å². The first-order valence-corrected chi connectivity index (χ1v) is 8.96. The van der Waals surface area contributed by atoms with Gasteiger partial charge in [-0.15, -0.1) is 44.8 Å². The normalized spacial score (nSPS) is 9.08. The Hall–Kier alpha value is 0.597. The lowest BCUT2D eigenvalue weighted by Crippen LogP contribution is -1.71. The molecule has 0 heterocycles. The van der Waals surface area contributed by atoms with Crippen LogP contribution in [0.5, 0.6) is 0 Å². The second kappa shape index (κ2) is 8.21. The van der Waals surface area contributed by atoms with Crippen molar-refractivity contribution in [1.29, 1.82) is 0 Å². The second-order valence-corrected chi connectivity index (χ2v) is 8.57. The van der Waals surface area contributed by atoms with Crippen LogP contribution in [0.15, 0.2) is 30.3 Å². The molecule has 0 aliphatic carbocycles.